The van der Waals surface area contributed by atoms with E-state index in [1.807, 2.05) is 24.3 Å². The van der Waals surface area contributed by atoms with Crippen molar-refractivity contribution in [1.82, 2.24) is 4.90 Å². The minimum absolute atomic E-state index is 0.120. The Balaban J connectivity index is 1.50. The third-order valence-electron chi connectivity index (χ3n) is 6.36. The highest BCUT2D eigenvalue weighted by molar-refractivity contribution is 7.90. The number of hydrogen-bond donors (Lipinski definition) is 5. The Kier molecular flexibility index (Phi) is 8.18. The van der Waals surface area contributed by atoms with Crippen LogP contribution in [0.1, 0.15) is 16.7 Å². The predicted molar refractivity (Wildman–Crippen MR) is 133 cm³/mol. The van der Waals surface area contributed by atoms with E-state index >= 15 is 0 Å². The van der Waals surface area contributed by atoms with Crippen LogP contribution in [0.3, 0.4) is 0 Å². The van der Waals surface area contributed by atoms with Gasteiger partial charge in [0.1, 0.15) is 31.7 Å². The molecule has 0 radical (unpaired) electrons. The average Bonchev–Trinajstić information content (AvgIpc) is 2.86. The summed E-state index contributed by atoms with van der Waals surface area (Å²) in [7, 11) is -3.46. The van der Waals surface area contributed by atoms with Crippen LogP contribution in [0, 0.1) is 0 Å². The average molecular weight is 521 g/mol. The number of rotatable bonds is 8. The molecular formula is C25H32N2O8S. The molecule has 0 spiro atoms. The zero-order valence-corrected chi connectivity index (χ0v) is 20.8. The number of benzene rings is 2. The van der Waals surface area contributed by atoms with Crippen LogP contribution < -0.4 is 5.32 Å². The third-order valence-corrected chi connectivity index (χ3v) is 7.45. The minimum Gasteiger partial charge on any atom is -0.494 e. The van der Waals surface area contributed by atoms with Crippen LogP contribution in [0.2, 0.25) is 0 Å². The number of hydrogen-bond acceptors (Lipinski definition) is 10. The Hall–Kier alpha value is -2.67. The van der Waals surface area contributed by atoms with Crippen molar-refractivity contribution in [3.8, 4) is 0 Å². The molecule has 0 saturated carbocycles. The maximum atomic E-state index is 12.3. The molecule has 0 bridgehead atoms. The lowest BCUT2D eigenvalue weighted by atomic mass is 9.93. The minimum atomic E-state index is -3.46. The molecule has 0 amide bonds. The lowest BCUT2D eigenvalue weighted by Crippen LogP contribution is -2.62. The standard InChI is InChI=1S/C25H32N2O8S/c1-36(32,33)20-9-18(23-15-34-5-6-35-23)8-19(10-20)26-11-16-3-2-4-17(7-16)12-27-13-22(29)25(31)24(30)21(27)14-28/h2-4,7-10,15,21-22,24-26,28-31H,5-6,11-14H2,1H3/t21-,22+,24-,25-/m1/s1. The lowest BCUT2D eigenvalue weighted by Gasteiger charge is -2.43. The van der Waals surface area contributed by atoms with Gasteiger partial charge in [-0.25, -0.2) is 8.42 Å². The highest BCUT2D eigenvalue weighted by Gasteiger charge is 2.40. The topological polar surface area (TPSA) is 149 Å². The SMILES string of the molecule is CS(=O)(=O)c1cc(NCc2cccc(CN3C[C@H](O)[C@@H](O)[C@H](O)[C@H]3CO)c2)cc(C2=COCCO2)c1. The largest absolute Gasteiger partial charge is 0.494 e. The zero-order valence-electron chi connectivity index (χ0n) is 19.9. The molecule has 2 aromatic carbocycles. The van der Waals surface area contributed by atoms with E-state index in [2.05, 4.69) is 5.32 Å². The molecule has 0 unspecified atom stereocenters. The van der Waals surface area contributed by atoms with Crippen molar-refractivity contribution in [3.05, 3.63) is 65.4 Å². The first-order chi connectivity index (χ1) is 17.2. The van der Waals surface area contributed by atoms with E-state index in [1.54, 1.807) is 23.1 Å². The van der Waals surface area contributed by atoms with Crippen molar-refractivity contribution < 1.29 is 38.3 Å². The summed E-state index contributed by atoms with van der Waals surface area (Å²) in [4.78, 5) is 1.90. The highest BCUT2D eigenvalue weighted by atomic mass is 32.2. The monoisotopic (exact) mass is 520 g/mol. The van der Waals surface area contributed by atoms with Crippen LogP contribution in [0.25, 0.3) is 5.76 Å². The Bertz CT molecular complexity index is 1200. The number of nitrogens with zero attached hydrogens (tertiary/aromatic N) is 1. The van der Waals surface area contributed by atoms with Gasteiger partial charge in [0, 0.05) is 37.1 Å². The van der Waals surface area contributed by atoms with E-state index in [0.717, 1.165) is 17.4 Å². The number of likely N-dealkylation sites (tertiary alicyclic amines) is 1. The molecule has 0 aromatic heterocycles. The van der Waals surface area contributed by atoms with Crippen LogP contribution in [0.5, 0.6) is 0 Å². The Morgan fingerprint density at radius 3 is 2.53 bits per heavy atom. The summed E-state index contributed by atoms with van der Waals surface area (Å²) in [5.74, 6) is 0.464. The van der Waals surface area contributed by atoms with Gasteiger partial charge in [-0.3, -0.25) is 4.90 Å². The van der Waals surface area contributed by atoms with Gasteiger partial charge >= 0.3 is 0 Å². The fraction of sp³-hybridized carbons (Fsp3) is 0.440. The van der Waals surface area contributed by atoms with Crippen molar-refractivity contribution in [3.63, 3.8) is 0 Å². The quantitative estimate of drug-likeness (QED) is 0.329. The number of piperidine rings is 1. The number of anilines is 1. The molecule has 2 aliphatic rings. The Labute approximate surface area is 210 Å². The molecule has 196 valence electrons. The molecule has 2 heterocycles. The highest BCUT2D eigenvalue weighted by Crippen LogP contribution is 2.27. The first kappa shape index (κ1) is 26.4. The molecule has 0 aliphatic carbocycles. The van der Waals surface area contributed by atoms with E-state index in [0.29, 0.717) is 43.3 Å². The molecular weight excluding hydrogens is 488 g/mol. The molecule has 4 rings (SSSR count). The number of β-amino-alcohol motifs (C(OH)–C–C–N with tert-alkyl or cyclic N) is 1. The van der Waals surface area contributed by atoms with Gasteiger partial charge in [-0.1, -0.05) is 24.3 Å². The van der Waals surface area contributed by atoms with Gasteiger partial charge in [0.15, 0.2) is 15.6 Å². The smallest absolute Gasteiger partial charge is 0.175 e. The number of ether oxygens (including phenoxy) is 2. The second kappa shape index (κ2) is 11.2. The predicted octanol–water partition coefficient (Wildman–Crippen LogP) is 0.307. The molecule has 2 aliphatic heterocycles. The van der Waals surface area contributed by atoms with Gasteiger partial charge in [0.2, 0.25) is 0 Å². The van der Waals surface area contributed by atoms with Crippen LogP contribution in [0.15, 0.2) is 53.6 Å². The maximum absolute atomic E-state index is 12.3. The van der Waals surface area contributed by atoms with Crippen LogP contribution >= 0.6 is 0 Å². The van der Waals surface area contributed by atoms with Crippen molar-refractivity contribution >= 4 is 21.3 Å². The number of aliphatic hydroxyl groups excluding tert-OH is 4. The molecule has 36 heavy (non-hydrogen) atoms. The van der Waals surface area contributed by atoms with Crippen molar-refractivity contribution in [1.29, 1.82) is 0 Å². The van der Waals surface area contributed by atoms with E-state index in [9.17, 15) is 28.8 Å². The second-order valence-corrected chi connectivity index (χ2v) is 11.1. The van der Waals surface area contributed by atoms with Gasteiger partial charge in [0.25, 0.3) is 0 Å². The molecule has 2 aromatic rings. The molecule has 1 saturated heterocycles. The van der Waals surface area contributed by atoms with Gasteiger partial charge in [0.05, 0.1) is 23.6 Å². The number of nitrogens with one attached hydrogen (secondary N) is 1. The third kappa shape index (κ3) is 6.17. The zero-order chi connectivity index (χ0) is 25.9. The molecule has 11 heteroatoms. The van der Waals surface area contributed by atoms with Crippen molar-refractivity contribution in [2.45, 2.75) is 42.3 Å². The molecule has 1 fully saturated rings. The fourth-order valence-electron chi connectivity index (χ4n) is 4.41. The summed E-state index contributed by atoms with van der Waals surface area (Å²) in [5, 5.41) is 43.2. The normalized spacial score (nSPS) is 25.0. The van der Waals surface area contributed by atoms with Crippen LogP contribution in [-0.2, 0) is 32.4 Å². The summed E-state index contributed by atoms with van der Waals surface area (Å²) < 4.78 is 35.4. The molecule has 5 N–H and O–H groups in total. The summed E-state index contributed by atoms with van der Waals surface area (Å²) in [6.45, 7) is 1.35. The van der Waals surface area contributed by atoms with Gasteiger partial charge in [-0.15, -0.1) is 0 Å². The maximum Gasteiger partial charge on any atom is 0.175 e. The van der Waals surface area contributed by atoms with Crippen LogP contribution in [0.4, 0.5) is 5.69 Å². The van der Waals surface area contributed by atoms with Gasteiger partial charge in [-0.05, 0) is 29.3 Å². The Morgan fingerprint density at radius 2 is 1.83 bits per heavy atom. The van der Waals surface area contributed by atoms with E-state index in [-0.39, 0.29) is 18.0 Å². The number of sulfone groups is 1. The second-order valence-electron chi connectivity index (χ2n) is 9.12. The number of aliphatic hydroxyl groups is 4. The Morgan fingerprint density at radius 1 is 1.06 bits per heavy atom. The first-order valence-electron chi connectivity index (χ1n) is 11.7. The molecule has 10 nitrogen and oxygen atoms in total. The summed E-state index contributed by atoms with van der Waals surface area (Å²) in [5.41, 5.74) is 3.01. The van der Waals surface area contributed by atoms with E-state index in [1.165, 1.54) is 6.26 Å². The summed E-state index contributed by atoms with van der Waals surface area (Å²) >= 11 is 0. The van der Waals surface area contributed by atoms with Gasteiger partial charge < -0.3 is 35.2 Å². The molecule has 4 atom stereocenters. The summed E-state index contributed by atoms with van der Waals surface area (Å²) in [6, 6.07) is 11.9. The fourth-order valence-corrected chi connectivity index (χ4v) is 5.10. The van der Waals surface area contributed by atoms with E-state index in [4.69, 9.17) is 9.47 Å². The summed E-state index contributed by atoms with van der Waals surface area (Å²) in [6.07, 6.45) is -1.04. The van der Waals surface area contributed by atoms with Crippen LogP contribution in [-0.4, -0.2) is 90.7 Å². The van der Waals surface area contributed by atoms with E-state index < -0.39 is 34.2 Å². The van der Waals surface area contributed by atoms with Crippen molar-refractivity contribution in [2.24, 2.45) is 0 Å². The lowest BCUT2D eigenvalue weighted by molar-refractivity contribution is -0.147. The van der Waals surface area contributed by atoms with Gasteiger partial charge in [-0.2, -0.15) is 0 Å². The van der Waals surface area contributed by atoms with Crippen molar-refractivity contribution in [2.75, 3.05) is 37.9 Å². The first-order valence-corrected chi connectivity index (χ1v) is 13.6.